The maximum absolute atomic E-state index is 12.4. The van der Waals surface area contributed by atoms with Gasteiger partial charge in [0.15, 0.2) is 5.13 Å². The highest BCUT2D eigenvalue weighted by Gasteiger charge is 2.16. The Bertz CT molecular complexity index is 1050. The molecule has 2 heterocycles. The molecule has 132 valence electrons. The molecular weight excluding hydrogens is 366 g/mol. The lowest BCUT2D eigenvalue weighted by atomic mass is 10.3. The SMILES string of the molecule is CCN(CC)c1nc2ccc(OC(=O)c3nc4ccccc4s3)cc2s1. The van der Waals surface area contributed by atoms with Crippen LogP contribution in [0.25, 0.3) is 20.4 Å². The summed E-state index contributed by atoms with van der Waals surface area (Å²) in [5.41, 5.74) is 1.72. The Balaban J connectivity index is 1.59. The molecule has 4 rings (SSSR count). The third kappa shape index (κ3) is 3.15. The van der Waals surface area contributed by atoms with E-state index in [2.05, 4.69) is 28.7 Å². The topological polar surface area (TPSA) is 55.3 Å². The Kier molecular flexibility index (Phi) is 4.57. The molecule has 2 aromatic carbocycles. The summed E-state index contributed by atoms with van der Waals surface area (Å²) in [6, 6.07) is 13.2. The zero-order chi connectivity index (χ0) is 18.1. The Labute approximate surface area is 158 Å². The number of thiazole rings is 2. The number of fused-ring (bicyclic) bond motifs is 2. The number of hydrogen-bond acceptors (Lipinski definition) is 7. The number of ether oxygens (including phenoxy) is 1. The van der Waals surface area contributed by atoms with Gasteiger partial charge in [-0.25, -0.2) is 14.8 Å². The Hall–Kier alpha value is -2.51. The van der Waals surface area contributed by atoms with Crippen molar-refractivity contribution in [1.29, 1.82) is 0 Å². The molecule has 5 nitrogen and oxygen atoms in total. The molecule has 0 bridgehead atoms. The number of para-hydroxylation sites is 1. The molecule has 0 aliphatic rings. The number of carbonyl (C=O) groups is 1. The first-order chi connectivity index (χ1) is 12.7. The van der Waals surface area contributed by atoms with Crippen LogP contribution in [-0.2, 0) is 0 Å². The summed E-state index contributed by atoms with van der Waals surface area (Å²) in [7, 11) is 0. The van der Waals surface area contributed by atoms with Crippen LogP contribution in [-0.4, -0.2) is 29.0 Å². The van der Waals surface area contributed by atoms with Crippen LogP contribution in [0.2, 0.25) is 0 Å². The number of rotatable bonds is 5. The van der Waals surface area contributed by atoms with Gasteiger partial charge in [-0.3, -0.25) is 0 Å². The van der Waals surface area contributed by atoms with E-state index < -0.39 is 5.97 Å². The van der Waals surface area contributed by atoms with Crippen molar-refractivity contribution >= 4 is 54.2 Å². The highest BCUT2D eigenvalue weighted by Crippen LogP contribution is 2.32. The molecule has 2 aromatic heterocycles. The molecule has 0 N–H and O–H groups in total. The minimum absolute atomic E-state index is 0.361. The Morgan fingerprint density at radius 3 is 2.54 bits per heavy atom. The highest BCUT2D eigenvalue weighted by molar-refractivity contribution is 7.22. The molecular formula is C19H17N3O2S2. The number of anilines is 1. The first-order valence-electron chi connectivity index (χ1n) is 8.41. The smallest absolute Gasteiger partial charge is 0.372 e. The monoisotopic (exact) mass is 383 g/mol. The van der Waals surface area contributed by atoms with Gasteiger partial charge in [-0.05, 0) is 38.1 Å². The van der Waals surface area contributed by atoms with Gasteiger partial charge < -0.3 is 9.64 Å². The van der Waals surface area contributed by atoms with Gasteiger partial charge in [-0.1, -0.05) is 23.5 Å². The van der Waals surface area contributed by atoms with E-state index in [-0.39, 0.29) is 0 Å². The van der Waals surface area contributed by atoms with Crippen LogP contribution in [0.1, 0.15) is 23.6 Å². The van der Waals surface area contributed by atoms with Crippen molar-refractivity contribution < 1.29 is 9.53 Å². The lowest BCUT2D eigenvalue weighted by Gasteiger charge is -2.16. The standard InChI is InChI=1S/C19H17N3O2S2/c1-3-22(4-2)19-21-14-10-9-12(11-16(14)26-19)24-18(23)17-20-13-7-5-6-8-15(13)25-17/h5-11H,3-4H2,1-2H3. The van der Waals surface area contributed by atoms with Crippen LogP contribution >= 0.6 is 22.7 Å². The predicted octanol–water partition coefficient (Wildman–Crippen LogP) is 4.97. The molecule has 0 saturated heterocycles. The van der Waals surface area contributed by atoms with Crippen LogP contribution in [0.5, 0.6) is 5.75 Å². The third-order valence-corrected chi connectivity index (χ3v) is 6.16. The summed E-state index contributed by atoms with van der Waals surface area (Å²) in [4.78, 5) is 23.6. The van der Waals surface area contributed by atoms with Gasteiger partial charge in [-0.15, -0.1) is 11.3 Å². The highest BCUT2D eigenvalue weighted by atomic mass is 32.1. The number of benzene rings is 2. The minimum Gasteiger partial charge on any atom is -0.421 e. The summed E-state index contributed by atoms with van der Waals surface area (Å²) < 4.78 is 7.51. The van der Waals surface area contributed by atoms with E-state index in [0.29, 0.717) is 10.8 Å². The molecule has 4 aromatic rings. The summed E-state index contributed by atoms with van der Waals surface area (Å²) in [6.45, 7) is 6.05. The van der Waals surface area contributed by atoms with Crippen molar-refractivity contribution in [3.63, 3.8) is 0 Å². The van der Waals surface area contributed by atoms with E-state index in [1.165, 1.54) is 11.3 Å². The second kappa shape index (κ2) is 7.01. The van der Waals surface area contributed by atoms with Crippen molar-refractivity contribution in [3.05, 3.63) is 47.5 Å². The molecule has 0 radical (unpaired) electrons. The normalized spacial score (nSPS) is 11.2. The molecule has 0 saturated carbocycles. The van der Waals surface area contributed by atoms with Crippen molar-refractivity contribution in [2.75, 3.05) is 18.0 Å². The zero-order valence-corrected chi connectivity index (χ0v) is 16.1. The lowest BCUT2D eigenvalue weighted by molar-refractivity contribution is 0.0735. The summed E-state index contributed by atoms with van der Waals surface area (Å²) in [5, 5.41) is 1.35. The number of aromatic nitrogens is 2. The van der Waals surface area contributed by atoms with Crippen LogP contribution < -0.4 is 9.64 Å². The lowest BCUT2D eigenvalue weighted by Crippen LogP contribution is -2.21. The van der Waals surface area contributed by atoms with E-state index >= 15 is 0 Å². The number of carbonyl (C=O) groups excluding carboxylic acids is 1. The molecule has 0 atom stereocenters. The first kappa shape index (κ1) is 16.9. The maximum Gasteiger partial charge on any atom is 0.372 e. The van der Waals surface area contributed by atoms with Crippen LogP contribution in [0.4, 0.5) is 5.13 Å². The van der Waals surface area contributed by atoms with Gasteiger partial charge in [-0.2, -0.15) is 0 Å². The fourth-order valence-electron chi connectivity index (χ4n) is 2.70. The van der Waals surface area contributed by atoms with E-state index in [1.807, 2.05) is 36.4 Å². The van der Waals surface area contributed by atoms with Crippen molar-refractivity contribution in [1.82, 2.24) is 9.97 Å². The Morgan fingerprint density at radius 1 is 1.00 bits per heavy atom. The average molecular weight is 383 g/mol. The van der Waals surface area contributed by atoms with Crippen LogP contribution in [0, 0.1) is 0 Å². The molecule has 0 aliphatic heterocycles. The molecule has 0 fully saturated rings. The second-order valence-corrected chi connectivity index (χ2v) is 7.71. The Morgan fingerprint density at radius 2 is 1.77 bits per heavy atom. The van der Waals surface area contributed by atoms with Gasteiger partial charge in [0.25, 0.3) is 0 Å². The summed E-state index contributed by atoms with van der Waals surface area (Å²) >= 11 is 2.95. The largest absolute Gasteiger partial charge is 0.421 e. The van der Waals surface area contributed by atoms with E-state index in [4.69, 9.17) is 4.74 Å². The molecule has 0 unspecified atom stereocenters. The van der Waals surface area contributed by atoms with Gasteiger partial charge in [0.1, 0.15) is 5.75 Å². The predicted molar refractivity (Wildman–Crippen MR) is 108 cm³/mol. The van der Waals surface area contributed by atoms with Crippen molar-refractivity contribution in [2.45, 2.75) is 13.8 Å². The quantitative estimate of drug-likeness (QED) is 0.360. The van der Waals surface area contributed by atoms with E-state index in [9.17, 15) is 4.79 Å². The first-order valence-corrected chi connectivity index (χ1v) is 10.0. The minimum atomic E-state index is -0.431. The van der Waals surface area contributed by atoms with Crippen molar-refractivity contribution in [2.24, 2.45) is 0 Å². The molecule has 26 heavy (non-hydrogen) atoms. The van der Waals surface area contributed by atoms with Crippen LogP contribution in [0.3, 0.4) is 0 Å². The summed E-state index contributed by atoms with van der Waals surface area (Å²) in [6.07, 6.45) is 0. The molecule has 0 spiro atoms. The number of nitrogens with zero attached hydrogens (tertiary/aromatic N) is 3. The summed E-state index contributed by atoms with van der Waals surface area (Å²) in [5.74, 6) is 0.0792. The van der Waals surface area contributed by atoms with Gasteiger partial charge >= 0.3 is 5.97 Å². The molecule has 7 heteroatoms. The number of hydrogen-bond donors (Lipinski definition) is 0. The van der Waals surface area contributed by atoms with E-state index in [1.54, 1.807) is 17.4 Å². The van der Waals surface area contributed by atoms with Gasteiger partial charge in [0, 0.05) is 19.2 Å². The van der Waals surface area contributed by atoms with Crippen LogP contribution in [0.15, 0.2) is 42.5 Å². The zero-order valence-electron chi connectivity index (χ0n) is 14.4. The molecule has 0 aliphatic carbocycles. The maximum atomic E-state index is 12.4. The van der Waals surface area contributed by atoms with Crippen molar-refractivity contribution in [3.8, 4) is 5.75 Å². The number of esters is 1. The average Bonchev–Trinajstić information content (AvgIpc) is 3.26. The van der Waals surface area contributed by atoms with E-state index in [0.717, 1.165) is 38.7 Å². The fraction of sp³-hybridized carbons (Fsp3) is 0.211. The fourth-order valence-corrected chi connectivity index (χ4v) is 4.66. The van der Waals surface area contributed by atoms with Gasteiger partial charge in [0.05, 0.1) is 20.4 Å². The molecule has 0 amide bonds. The second-order valence-electron chi connectivity index (χ2n) is 5.67. The van der Waals surface area contributed by atoms with Gasteiger partial charge in [0.2, 0.25) is 5.01 Å². The third-order valence-electron chi connectivity index (χ3n) is 4.06.